The number of aromatic hydroxyl groups is 2. The molecule has 0 aromatic heterocycles. The summed E-state index contributed by atoms with van der Waals surface area (Å²) >= 11 is 6.50. The van der Waals surface area contributed by atoms with Gasteiger partial charge in [-0.3, -0.25) is 4.79 Å². The van der Waals surface area contributed by atoms with Crippen molar-refractivity contribution in [3.8, 4) is 11.5 Å². The van der Waals surface area contributed by atoms with E-state index in [0.29, 0.717) is 11.1 Å². The largest absolute Gasteiger partial charge is 0.508 e. The highest BCUT2D eigenvalue weighted by molar-refractivity contribution is 9.10. The van der Waals surface area contributed by atoms with E-state index in [1.165, 1.54) is 0 Å². The van der Waals surface area contributed by atoms with Crippen molar-refractivity contribution in [3.05, 3.63) is 56.5 Å². The molecule has 0 heterocycles. The Balaban J connectivity index is 2.09. The first-order chi connectivity index (χ1) is 9.45. The van der Waals surface area contributed by atoms with Gasteiger partial charge in [0, 0.05) is 32.9 Å². The molecule has 0 atom stereocenters. The Morgan fingerprint density at radius 2 is 1.25 bits per heavy atom. The summed E-state index contributed by atoms with van der Waals surface area (Å²) in [4.78, 5) is 12.0. The van der Waals surface area contributed by atoms with Crippen LogP contribution in [0, 0.1) is 0 Å². The van der Waals surface area contributed by atoms with Crippen LogP contribution in [0.4, 0.5) is 0 Å². The fraction of sp³-hybridized carbons (Fsp3) is 0.133. The number of ketones is 1. The van der Waals surface area contributed by atoms with E-state index in [4.69, 9.17) is 0 Å². The lowest BCUT2D eigenvalue weighted by Gasteiger charge is -2.06. The monoisotopic (exact) mass is 398 g/mol. The molecule has 0 amide bonds. The lowest BCUT2D eigenvalue weighted by molar-refractivity contribution is -0.117. The summed E-state index contributed by atoms with van der Waals surface area (Å²) in [6, 6.07) is 10.1. The molecule has 3 nitrogen and oxygen atoms in total. The zero-order chi connectivity index (χ0) is 14.7. The van der Waals surface area contributed by atoms with Crippen molar-refractivity contribution in [1.29, 1.82) is 0 Å². The minimum Gasteiger partial charge on any atom is -0.508 e. The molecule has 0 fully saturated rings. The van der Waals surface area contributed by atoms with E-state index in [2.05, 4.69) is 31.9 Å². The number of hydrogen-bond donors (Lipinski definition) is 2. The third kappa shape index (κ3) is 3.84. The second kappa shape index (κ2) is 6.41. The number of phenols is 2. The summed E-state index contributed by atoms with van der Waals surface area (Å²) in [5.74, 6) is 0.112. The molecular weight excluding hydrogens is 388 g/mol. The highest BCUT2D eigenvalue weighted by Gasteiger charge is 2.11. The Morgan fingerprint density at radius 1 is 0.850 bits per heavy atom. The smallest absolute Gasteiger partial charge is 0.141 e. The van der Waals surface area contributed by atoms with Crippen molar-refractivity contribution >= 4 is 37.6 Å². The van der Waals surface area contributed by atoms with Gasteiger partial charge in [-0.15, -0.1) is 0 Å². The molecule has 0 aliphatic rings. The van der Waals surface area contributed by atoms with Crippen LogP contribution in [-0.4, -0.2) is 16.0 Å². The fourth-order valence-electron chi connectivity index (χ4n) is 1.86. The third-order valence-electron chi connectivity index (χ3n) is 2.87. The zero-order valence-electron chi connectivity index (χ0n) is 10.4. The van der Waals surface area contributed by atoms with Crippen molar-refractivity contribution in [2.24, 2.45) is 0 Å². The van der Waals surface area contributed by atoms with Crippen LogP contribution < -0.4 is 0 Å². The normalized spacial score (nSPS) is 10.5. The molecule has 0 radical (unpaired) electrons. The number of rotatable bonds is 4. The third-order valence-corrected chi connectivity index (χ3v) is 3.86. The number of carbonyl (C=O) groups is 1. The van der Waals surface area contributed by atoms with Crippen molar-refractivity contribution < 1.29 is 15.0 Å². The molecule has 0 saturated heterocycles. The lowest BCUT2D eigenvalue weighted by Crippen LogP contribution is -2.07. The van der Waals surface area contributed by atoms with Crippen molar-refractivity contribution in [2.75, 3.05) is 0 Å². The van der Waals surface area contributed by atoms with E-state index in [1.54, 1.807) is 36.4 Å². The molecule has 20 heavy (non-hydrogen) atoms. The molecule has 2 N–H and O–H groups in total. The van der Waals surface area contributed by atoms with Gasteiger partial charge in [-0.1, -0.05) is 44.0 Å². The number of phenolic OH excluding ortho intramolecular Hbond substituents is 2. The van der Waals surface area contributed by atoms with Gasteiger partial charge in [-0.25, -0.2) is 0 Å². The zero-order valence-corrected chi connectivity index (χ0v) is 13.6. The van der Waals surface area contributed by atoms with Gasteiger partial charge in [0.15, 0.2) is 0 Å². The molecule has 0 spiro atoms. The van der Waals surface area contributed by atoms with Crippen LogP contribution in [-0.2, 0) is 17.6 Å². The molecular formula is C15H12Br2O3. The maximum atomic E-state index is 12.0. The van der Waals surface area contributed by atoms with Crippen LogP contribution >= 0.6 is 31.9 Å². The molecule has 5 heteroatoms. The van der Waals surface area contributed by atoms with E-state index in [1.807, 2.05) is 0 Å². The molecule has 0 aliphatic carbocycles. The number of carbonyl (C=O) groups excluding carboxylic acids is 1. The summed E-state index contributed by atoms with van der Waals surface area (Å²) in [5.41, 5.74) is 1.16. The molecule has 2 aromatic carbocycles. The van der Waals surface area contributed by atoms with Crippen LogP contribution in [0.5, 0.6) is 11.5 Å². The average Bonchev–Trinajstić information content (AvgIpc) is 2.36. The lowest BCUT2D eigenvalue weighted by atomic mass is 10.0. The SMILES string of the molecule is O=C(Cc1ccc(Br)cc1O)Cc1ccc(Br)cc1O. The summed E-state index contributed by atoms with van der Waals surface area (Å²) < 4.78 is 1.52. The Labute approximate surface area is 133 Å². The van der Waals surface area contributed by atoms with Crippen molar-refractivity contribution in [3.63, 3.8) is 0 Å². The summed E-state index contributed by atoms with van der Waals surface area (Å²) in [7, 11) is 0. The van der Waals surface area contributed by atoms with Crippen LogP contribution in [0.25, 0.3) is 0 Å². The second-order valence-electron chi connectivity index (χ2n) is 4.44. The molecule has 0 saturated carbocycles. The van der Waals surface area contributed by atoms with Gasteiger partial charge in [0.05, 0.1) is 0 Å². The average molecular weight is 400 g/mol. The minimum atomic E-state index is -0.0692. The van der Waals surface area contributed by atoms with Gasteiger partial charge < -0.3 is 10.2 Å². The first kappa shape index (κ1) is 15.1. The maximum Gasteiger partial charge on any atom is 0.141 e. The van der Waals surface area contributed by atoms with Gasteiger partial charge in [0.25, 0.3) is 0 Å². The summed E-state index contributed by atoms with van der Waals surface area (Å²) in [5, 5.41) is 19.5. The predicted molar refractivity (Wildman–Crippen MR) is 84.0 cm³/mol. The van der Waals surface area contributed by atoms with Crippen LogP contribution in [0.15, 0.2) is 45.3 Å². The maximum absolute atomic E-state index is 12.0. The number of halogens is 2. The van der Waals surface area contributed by atoms with E-state index in [0.717, 1.165) is 8.95 Å². The molecule has 0 unspecified atom stereocenters. The molecule has 2 rings (SSSR count). The Kier molecular flexibility index (Phi) is 4.83. The molecule has 104 valence electrons. The van der Waals surface area contributed by atoms with Gasteiger partial charge in [-0.2, -0.15) is 0 Å². The summed E-state index contributed by atoms with van der Waals surface area (Å²) in [6.45, 7) is 0. The quantitative estimate of drug-likeness (QED) is 0.817. The van der Waals surface area contributed by atoms with E-state index < -0.39 is 0 Å². The molecule has 0 aliphatic heterocycles. The standard InChI is InChI=1S/C15H12Br2O3/c16-11-3-1-9(14(19)7-11)5-13(18)6-10-2-4-12(17)8-15(10)20/h1-4,7-8,19-20H,5-6H2. The highest BCUT2D eigenvalue weighted by atomic mass is 79.9. The molecule has 0 bridgehead atoms. The first-order valence-electron chi connectivity index (χ1n) is 5.92. The Hall–Kier alpha value is -1.33. The van der Waals surface area contributed by atoms with Crippen molar-refractivity contribution in [1.82, 2.24) is 0 Å². The van der Waals surface area contributed by atoms with E-state index in [-0.39, 0.29) is 30.1 Å². The fourth-order valence-corrected chi connectivity index (χ4v) is 2.56. The number of hydrogen-bond acceptors (Lipinski definition) is 3. The van der Waals surface area contributed by atoms with Crippen LogP contribution in [0.1, 0.15) is 11.1 Å². The number of benzene rings is 2. The first-order valence-corrected chi connectivity index (χ1v) is 7.51. The van der Waals surface area contributed by atoms with Crippen LogP contribution in [0.2, 0.25) is 0 Å². The molecule has 2 aromatic rings. The summed E-state index contributed by atoms with van der Waals surface area (Å²) in [6.07, 6.45) is 0.267. The van der Waals surface area contributed by atoms with Gasteiger partial charge in [0.2, 0.25) is 0 Å². The van der Waals surface area contributed by atoms with Gasteiger partial charge >= 0.3 is 0 Å². The van der Waals surface area contributed by atoms with Gasteiger partial charge in [0.1, 0.15) is 17.3 Å². The van der Waals surface area contributed by atoms with Crippen LogP contribution in [0.3, 0.4) is 0 Å². The van der Waals surface area contributed by atoms with Crippen molar-refractivity contribution in [2.45, 2.75) is 12.8 Å². The highest BCUT2D eigenvalue weighted by Crippen LogP contribution is 2.25. The predicted octanol–water partition coefficient (Wildman–Crippen LogP) is 3.98. The topological polar surface area (TPSA) is 57.5 Å². The minimum absolute atomic E-state index is 0.0692. The Morgan fingerprint density at radius 3 is 1.60 bits per heavy atom. The van der Waals surface area contributed by atoms with E-state index in [9.17, 15) is 15.0 Å². The number of Topliss-reactive ketones (excluding diaryl/α,β-unsaturated/α-hetero) is 1. The van der Waals surface area contributed by atoms with E-state index >= 15 is 0 Å². The van der Waals surface area contributed by atoms with Gasteiger partial charge in [-0.05, 0) is 24.3 Å². The second-order valence-corrected chi connectivity index (χ2v) is 6.27. The Bertz CT molecular complexity index is 598.